The number of aryl methyl sites for hydroxylation is 1. The van der Waals surface area contributed by atoms with Gasteiger partial charge in [0.2, 0.25) is 11.7 Å². The number of aromatic nitrogens is 3. The Morgan fingerprint density at radius 1 is 1.20 bits per heavy atom. The van der Waals surface area contributed by atoms with E-state index in [0.29, 0.717) is 36.1 Å². The van der Waals surface area contributed by atoms with E-state index in [1.165, 1.54) is 12.1 Å². The van der Waals surface area contributed by atoms with E-state index in [0.717, 1.165) is 19.5 Å². The Labute approximate surface area is 174 Å². The monoisotopic (exact) mass is 409 g/mol. The molecule has 1 spiro atoms. The normalized spacial score (nSPS) is 24.2. The van der Waals surface area contributed by atoms with Gasteiger partial charge in [-0.15, -0.1) is 0 Å². The summed E-state index contributed by atoms with van der Waals surface area (Å²) in [6.07, 6.45) is 2.85. The summed E-state index contributed by atoms with van der Waals surface area (Å²) in [4.78, 5) is 22.0. The highest BCUT2D eigenvalue weighted by Gasteiger charge is 2.53. The summed E-state index contributed by atoms with van der Waals surface area (Å²) in [5.41, 5.74) is 1.27. The fraction of sp³-hybridized carbons (Fsp3) is 0.409. The second kappa shape index (κ2) is 7.05. The molecule has 3 aromatic rings. The smallest absolute Gasteiger partial charge is 0.270 e. The van der Waals surface area contributed by atoms with Crippen LogP contribution in [0.5, 0.6) is 0 Å². The zero-order chi connectivity index (χ0) is 20.9. The van der Waals surface area contributed by atoms with Crippen molar-refractivity contribution in [1.29, 1.82) is 0 Å². The number of likely N-dealkylation sites (tertiary alicyclic amines) is 2. The van der Waals surface area contributed by atoms with Gasteiger partial charge in [-0.1, -0.05) is 5.16 Å². The maximum atomic E-state index is 13.2. The lowest BCUT2D eigenvalue weighted by atomic mass is 9.77. The number of benzene rings is 1. The average Bonchev–Trinajstić information content (AvgIpc) is 3.50. The van der Waals surface area contributed by atoms with Crippen LogP contribution in [0.15, 0.2) is 47.1 Å². The number of rotatable bonds is 3. The van der Waals surface area contributed by atoms with Gasteiger partial charge < -0.3 is 18.9 Å². The topological polar surface area (TPSA) is 67.4 Å². The number of hydrogen-bond donors (Lipinski definition) is 0. The maximum Gasteiger partial charge on any atom is 0.270 e. The van der Waals surface area contributed by atoms with E-state index in [1.807, 2.05) is 34.8 Å². The number of nitrogens with zero attached hydrogens (tertiary/aromatic N) is 5. The predicted octanol–water partition coefficient (Wildman–Crippen LogP) is 2.78. The summed E-state index contributed by atoms with van der Waals surface area (Å²) in [6.45, 7) is 3.06. The number of hydrogen-bond acceptors (Lipinski definition) is 5. The molecule has 0 radical (unpaired) electrons. The second-order valence-corrected chi connectivity index (χ2v) is 8.56. The van der Waals surface area contributed by atoms with Crippen LogP contribution in [-0.2, 0) is 7.05 Å². The third-order valence-electron chi connectivity index (χ3n) is 6.52. The van der Waals surface area contributed by atoms with Gasteiger partial charge in [0.15, 0.2) is 0 Å². The van der Waals surface area contributed by atoms with E-state index in [-0.39, 0.29) is 23.1 Å². The number of carbonyl (C=O) groups excluding carboxylic acids is 1. The lowest BCUT2D eigenvalue weighted by molar-refractivity contribution is 0.0764. The Morgan fingerprint density at radius 2 is 2.00 bits per heavy atom. The van der Waals surface area contributed by atoms with Crippen LogP contribution in [0.3, 0.4) is 0 Å². The molecular formula is C22H24FN5O2. The number of carbonyl (C=O) groups is 1. The maximum absolute atomic E-state index is 13.2. The fourth-order valence-corrected chi connectivity index (χ4v) is 4.92. The van der Waals surface area contributed by atoms with Crippen LogP contribution in [-0.4, -0.2) is 63.6 Å². The molecule has 2 saturated heterocycles. The SMILES string of the molecule is CN1CC[C@]2(C1)CN(C(=O)c1cccn1C)C[C@H]2c1nc(-c2ccc(F)cc2)no1. The minimum absolute atomic E-state index is 0.0252. The molecule has 0 saturated carbocycles. The average molecular weight is 409 g/mol. The first-order valence-corrected chi connectivity index (χ1v) is 10.1. The lowest BCUT2D eigenvalue weighted by Crippen LogP contribution is -2.35. The molecular weight excluding hydrogens is 385 g/mol. The van der Waals surface area contributed by atoms with Crippen molar-refractivity contribution < 1.29 is 13.7 Å². The molecule has 156 valence electrons. The van der Waals surface area contributed by atoms with Crippen molar-refractivity contribution in [2.24, 2.45) is 12.5 Å². The van der Waals surface area contributed by atoms with E-state index in [2.05, 4.69) is 22.1 Å². The quantitative estimate of drug-likeness (QED) is 0.666. The van der Waals surface area contributed by atoms with Crippen LogP contribution < -0.4 is 0 Å². The molecule has 30 heavy (non-hydrogen) atoms. The summed E-state index contributed by atoms with van der Waals surface area (Å²) in [5.74, 6) is 0.678. The van der Waals surface area contributed by atoms with Crippen LogP contribution in [0.2, 0.25) is 0 Å². The van der Waals surface area contributed by atoms with Gasteiger partial charge >= 0.3 is 0 Å². The van der Waals surface area contributed by atoms with Gasteiger partial charge in [0.1, 0.15) is 11.5 Å². The summed E-state index contributed by atoms with van der Waals surface area (Å²) in [5, 5.41) is 4.14. The highest BCUT2D eigenvalue weighted by molar-refractivity contribution is 5.93. The molecule has 0 bridgehead atoms. The van der Waals surface area contributed by atoms with Crippen LogP contribution in [0.25, 0.3) is 11.4 Å². The van der Waals surface area contributed by atoms with Crippen molar-refractivity contribution in [2.45, 2.75) is 12.3 Å². The lowest BCUT2D eigenvalue weighted by Gasteiger charge is -2.27. The molecule has 5 rings (SSSR count). The first-order valence-electron chi connectivity index (χ1n) is 10.1. The third kappa shape index (κ3) is 3.11. The molecule has 0 N–H and O–H groups in total. The molecule has 2 aromatic heterocycles. The molecule has 4 heterocycles. The van der Waals surface area contributed by atoms with Gasteiger partial charge in [-0.2, -0.15) is 4.98 Å². The van der Waals surface area contributed by atoms with Crippen molar-refractivity contribution >= 4 is 5.91 Å². The Balaban J connectivity index is 1.46. The molecule has 2 atom stereocenters. The predicted molar refractivity (Wildman–Crippen MR) is 108 cm³/mol. The van der Waals surface area contributed by atoms with Crippen molar-refractivity contribution in [3.8, 4) is 11.4 Å². The van der Waals surface area contributed by atoms with E-state index in [9.17, 15) is 9.18 Å². The van der Waals surface area contributed by atoms with Crippen molar-refractivity contribution in [2.75, 3.05) is 33.2 Å². The van der Waals surface area contributed by atoms with E-state index in [4.69, 9.17) is 4.52 Å². The van der Waals surface area contributed by atoms with Gasteiger partial charge in [0.25, 0.3) is 5.91 Å². The second-order valence-electron chi connectivity index (χ2n) is 8.56. The Morgan fingerprint density at radius 3 is 2.67 bits per heavy atom. The molecule has 2 aliphatic heterocycles. The number of halogens is 1. The summed E-state index contributed by atoms with van der Waals surface area (Å²) < 4.78 is 20.8. The zero-order valence-corrected chi connectivity index (χ0v) is 17.1. The first kappa shape index (κ1) is 19.0. The van der Waals surface area contributed by atoms with Gasteiger partial charge in [0, 0.05) is 43.9 Å². The zero-order valence-electron chi connectivity index (χ0n) is 17.1. The standard InChI is InChI=1S/C22H24FN5O2/c1-26-11-9-22(13-26)14-28(21(29)18-4-3-10-27(18)2)12-17(22)20-24-19(25-30-20)15-5-7-16(23)8-6-15/h3-8,10,17H,9,11-14H2,1-2H3/t17-,22-/m0/s1. The van der Waals surface area contributed by atoms with Crippen LogP contribution in [0, 0.1) is 11.2 Å². The summed E-state index contributed by atoms with van der Waals surface area (Å²) >= 11 is 0. The highest BCUT2D eigenvalue weighted by Crippen LogP contribution is 2.48. The first-order chi connectivity index (χ1) is 14.4. The molecule has 0 aliphatic carbocycles. The highest BCUT2D eigenvalue weighted by atomic mass is 19.1. The van der Waals surface area contributed by atoms with Gasteiger partial charge in [-0.3, -0.25) is 4.79 Å². The van der Waals surface area contributed by atoms with E-state index in [1.54, 1.807) is 12.1 Å². The number of amides is 1. The fourth-order valence-electron chi connectivity index (χ4n) is 4.92. The molecule has 2 fully saturated rings. The van der Waals surface area contributed by atoms with Crippen LogP contribution in [0.1, 0.15) is 28.7 Å². The van der Waals surface area contributed by atoms with Gasteiger partial charge in [0.05, 0.1) is 5.92 Å². The molecule has 1 aromatic carbocycles. The van der Waals surface area contributed by atoms with E-state index >= 15 is 0 Å². The molecule has 1 amide bonds. The Hall–Kier alpha value is -3.00. The minimum atomic E-state index is -0.305. The molecule has 8 heteroatoms. The van der Waals surface area contributed by atoms with Crippen LogP contribution >= 0.6 is 0 Å². The minimum Gasteiger partial charge on any atom is -0.347 e. The van der Waals surface area contributed by atoms with Gasteiger partial charge in [-0.05, 0) is 56.4 Å². The molecule has 2 aliphatic rings. The molecule has 7 nitrogen and oxygen atoms in total. The summed E-state index contributed by atoms with van der Waals surface area (Å²) in [6, 6.07) is 9.78. The third-order valence-corrected chi connectivity index (χ3v) is 6.52. The summed E-state index contributed by atoms with van der Waals surface area (Å²) in [7, 11) is 3.98. The van der Waals surface area contributed by atoms with Gasteiger partial charge in [-0.25, -0.2) is 4.39 Å². The Bertz CT molecular complexity index is 1080. The van der Waals surface area contributed by atoms with Crippen molar-refractivity contribution in [1.82, 2.24) is 24.5 Å². The Kier molecular flexibility index (Phi) is 4.47. The van der Waals surface area contributed by atoms with Crippen molar-refractivity contribution in [3.63, 3.8) is 0 Å². The largest absolute Gasteiger partial charge is 0.347 e. The van der Waals surface area contributed by atoms with Crippen molar-refractivity contribution in [3.05, 3.63) is 60.0 Å². The van der Waals surface area contributed by atoms with Crippen LogP contribution in [0.4, 0.5) is 4.39 Å². The molecule has 0 unspecified atom stereocenters. The van der Waals surface area contributed by atoms with E-state index < -0.39 is 0 Å².